The molecule has 1 saturated heterocycles. The van der Waals surface area contributed by atoms with Crippen molar-refractivity contribution in [2.75, 3.05) is 13.2 Å². The Morgan fingerprint density at radius 1 is 1.60 bits per heavy atom. The van der Waals surface area contributed by atoms with E-state index < -0.39 is 12.0 Å². The number of carboxylic acid groups (broad SMARTS) is 1. The highest BCUT2D eigenvalue weighted by molar-refractivity contribution is 9.10. The van der Waals surface area contributed by atoms with E-state index in [1.165, 1.54) is 0 Å². The third-order valence-corrected chi connectivity index (χ3v) is 3.89. The Kier molecular flexibility index (Phi) is 5.08. The van der Waals surface area contributed by atoms with Gasteiger partial charge in [0, 0.05) is 19.2 Å². The van der Waals surface area contributed by atoms with Gasteiger partial charge < -0.3 is 15.2 Å². The van der Waals surface area contributed by atoms with E-state index in [1.807, 2.05) is 0 Å². The van der Waals surface area contributed by atoms with Gasteiger partial charge in [0.05, 0.1) is 12.5 Å². The third kappa shape index (κ3) is 3.77. The number of nitrogens with one attached hydrogen (secondary N) is 1. The van der Waals surface area contributed by atoms with Crippen molar-refractivity contribution >= 4 is 27.8 Å². The second-order valence-corrected chi connectivity index (χ2v) is 5.37. The van der Waals surface area contributed by atoms with Crippen molar-refractivity contribution in [3.63, 3.8) is 0 Å². The normalized spacial score (nSPS) is 19.6. The predicted molar refractivity (Wildman–Crippen MR) is 74.1 cm³/mol. The van der Waals surface area contributed by atoms with Gasteiger partial charge in [0.25, 0.3) is 0 Å². The van der Waals surface area contributed by atoms with E-state index in [0.29, 0.717) is 24.2 Å². The van der Waals surface area contributed by atoms with Crippen LogP contribution in [-0.2, 0) is 20.7 Å². The molecular formula is C13H15BrN2O4. The van der Waals surface area contributed by atoms with Crippen LogP contribution in [0.5, 0.6) is 0 Å². The summed E-state index contributed by atoms with van der Waals surface area (Å²) in [6, 6.07) is 2.53. The first kappa shape index (κ1) is 14.9. The molecule has 0 spiro atoms. The Hall–Kier alpha value is -1.47. The molecule has 2 heterocycles. The lowest BCUT2D eigenvalue weighted by molar-refractivity contribution is -0.142. The molecule has 0 aromatic carbocycles. The number of carbonyl (C=O) groups excluding carboxylic acids is 1. The molecular weight excluding hydrogens is 328 g/mol. The number of rotatable bonds is 5. The predicted octanol–water partition coefficient (Wildman–Crippen LogP) is 0.992. The van der Waals surface area contributed by atoms with Crippen molar-refractivity contribution in [1.29, 1.82) is 0 Å². The summed E-state index contributed by atoms with van der Waals surface area (Å²) < 4.78 is 5.72. The zero-order valence-electron chi connectivity index (χ0n) is 10.7. The highest BCUT2D eigenvalue weighted by Gasteiger charge is 2.28. The smallest absolute Gasteiger partial charge is 0.326 e. The van der Waals surface area contributed by atoms with Crippen LogP contribution >= 0.6 is 15.9 Å². The van der Waals surface area contributed by atoms with Crippen molar-refractivity contribution in [3.8, 4) is 0 Å². The number of carboxylic acids is 1. The number of pyridine rings is 1. The third-order valence-electron chi connectivity index (χ3n) is 3.18. The Bertz CT molecular complexity index is 503. The standard InChI is InChI=1S/C13H15BrN2O4/c14-11-8(2-1-4-15-11)6-10(13(18)19)16-12(17)9-3-5-20-7-9/h1-2,4,9-10H,3,5-7H2,(H,16,17)(H,18,19)/t9-,10+/m0/s1. The maximum absolute atomic E-state index is 12.0. The van der Waals surface area contributed by atoms with Crippen molar-refractivity contribution in [2.24, 2.45) is 5.92 Å². The van der Waals surface area contributed by atoms with Crippen LogP contribution in [0.15, 0.2) is 22.9 Å². The van der Waals surface area contributed by atoms with E-state index in [0.717, 1.165) is 5.56 Å². The largest absolute Gasteiger partial charge is 0.480 e. The van der Waals surface area contributed by atoms with E-state index in [4.69, 9.17) is 4.74 Å². The number of aromatic nitrogens is 1. The van der Waals surface area contributed by atoms with Gasteiger partial charge in [-0.05, 0) is 34.0 Å². The molecule has 2 rings (SSSR count). The number of ether oxygens (including phenoxy) is 1. The Labute approximate surface area is 124 Å². The van der Waals surface area contributed by atoms with Crippen LogP contribution in [0.4, 0.5) is 0 Å². The molecule has 0 aliphatic carbocycles. The average Bonchev–Trinajstić information content (AvgIpc) is 2.94. The second-order valence-electron chi connectivity index (χ2n) is 4.62. The highest BCUT2D eigenvalue weighted by atomic mass is 79.9. The second kappa shape index (κ2) is 6.81. The molecule has 0 bridgehead atoms. The number of carbonyl (C=O) groups is 2. The van der Waals surface area contributed by atoms with E-state index in [-0.39, 0.29) is 18.2 Å². The highest BCUT2D eigenvalue weighted by Crippen LogP contribution is 2.16. The minimum absolute atomic E-state index is 0.184. The van der Waals surface area contributed by atoms with Crippen LogP contribution < -0.4 is 5.32 Å². The van der Waals surface area contributed by atoms with Gasteiger partial charge in [0.1, 0.15) is 10.6 Å². The molecule has 108 valence electrons. The van der Waals surface area contributed by atoms with Crippen LogP contribution in [0.3, 0.4) is 0 Å². The first-order chi connectivity index (χ1) is 9.58. The zero-order chi connectivity index (χ0) is 14.5. The Morgan fingerprint density at radius 2 is 2.40 bits per heavy atom. The molecule has 2 atom stereocenters. The lowest BCUT2D eigenvalue weighted by Crippen LogP contribution is -2.45. The molecule has 1 fully saturated rings. The van der Waals surface area contributed by atoms with Crippen LogP contribution in [0.2, 0.25) is 0 Å². The number of aliphatic carboxylic acids is 1. The van der Waals surface area contributed by atoms with Crippen LogP contribution in [0.1, 0.15) is 12.0 Å². The molecule has 1 aromatic heterocycles. The number of hydrogen-bond acceptors (Lipinski definition) is 4. The summed E-state index contributed by atoms with van der Waals surface area (Å²) in [6.45, 7) is 0.902. The van der Waals surface area contributed by atoms with Gasteiger partial charge in [0.15, 0.2) is 0 Å². The van der Waals surface area contributed by atoms with E-state index >= 15 is 0 Å². The molecule has 6 nitrogen and oxygen atoms in total. The summed E-state index contributed by atoms with van der Waals surface area (Å²) in [6.07, 6.45) is 2.43. The SMILES string of the molecule is O=C(N[C@H](Cc1cccnc1Br)C(=O)O)[C@H]1CCOC1. The molecule has 1 aromatic rings. The van der Waals surface area contributed by atoms with Crippen molar-refractivity contribution in [2.45, 2.75) is 18.9 Å². The summed E-state index contributed by atoms with van der Waals surface area (Å²) in [7, 11) is 0. The van der Waals surface area contributed by atoms with Gasteiger partial charge in [-0.2, -0.15) is 0 Å². The monoisotopic (exact) mass is 342 g/mol. The van der Waals surface area contributed by atoms with Gasteiger partial charge >= 0.3 is 5.97 Å². The van der Waals surface area contributed by atoms with Crippen molar-refractivity contribution in [3.05, 3.63) is 28.5 Å². The number of halogens is 1. The summed E-state index contributed by atoms with van der Waals surface area (Å²) in [5, 5.41) is 11.8. The van der Waals surface area contributed by atoms with Crippen LogP contribution in [0, 0.1) is 5.92 Å². The van der Waals surface area contributed by atoms with Crippen molar-refractivity contribution < 1.29 is 19.4 Å². The van der Waals surface area contributed by atoms with Crippen LogP contribution in [-0.4, -0.2) is 41.2 Å². The number of amides is 1. The molecule has 1 amide bonds. The van der Waals surface area contributed by atoms with E-state index in [1.54, 1.807) is 18.3 Å². The van der Waals surface area contributed by atoms with Gasteiger partial charge in [0.2, 0.25) is 5.91 Å². The zero-order valence-corrected chi connectivity index (χ0v) is 12.3. The summed E-state index contributed by atoms with van der Waals surface area (Å²) in [4.78, 5) is 27.3. The van der Waals surface area contributed by atoms with Crippen molar-refractivity contribution in [1.82, 2.24) is 10.3 Å². The summed E-state index contributed by atoms with van der Waals surface area (Å²) >= 11 is 3.27. The van der Waals surface area contributed by atoms with E-state index in [9.17, 15) is 14.7 Å². The maximum atomic E-state index is 12.0. The molecule has 1 aliphatic heterocycles. The van der Waals surface area contributed by atoms with Crippen LogP contribution in [0.25, 0.3) is 0 Å². The first-order valence-corrected chi connectivity index (χ1v) is 7.07. The van der Waals surface area contributed by atoms with Gasteiger partial charge in [-0.25, -0.2) is 9.78 Å². The van der Waals surface area contributed by atoms with Gasteiger partial charge in [-0.1, -0.05) is 6.07 Å². The molecule has 20 heavy (non-hydrogen) atoms. The molecule has 0 unspecified atom stereocenters. The van der Waals surface area contributed by atoms with Gasteiger partial charge in [-0.15, -0.1) is 0 Å². The first-order valence-electron chi connectivity index (χ1n) is 6.28. The lowest BCUT2D eigenvalue weighted by Gasteiger charge is -2.17. The number of nitrogens with zero attached hydrogens (tertiary/aromatic N) is 1. The molecule has 0 radical (unpaired) electrons. The maximum Gasteiger partial charge on any atom is 0.326 e. The molecule has 0 saturated carbocycles. The Balaban J connectivity index is 2.02. The molecule has 2 N–H and O–H groups in total. The Morgan fingerprint density at radius 3 is 3.00 bits per heavy atom. The molecule has 7 heteroatoms. The summed E-state index contributed by atoms with van der Waals surface area (Å²) in [5.74, 6) is -1.59. The van der Waals surface area contributed by atoms with E-state index in [2.05, 4.69) is 26.2 Å². The summed E-state index contributed by atoms with van der Waals surface area (Å²) in [5.41, 5.74) is 0.739. The number of hydrogen-bond donors (Lipinski definition) is 2. The minimum atomic E-state index is -1.06. The fourth-order valence-corrected chi connectivity index (χ4v) is 2.43. The topological polar surface area (TPSA) is 88.5 Å². The average molecular weight is 343 g/mol. The molecule has 1 aliphatic rings. The quantitative estimate of drug-likeness (QED) is 0.779. The fourth-order valence-electron chi connectivity index (χ4n) is 2.02. The fraction of sp³-hybridized carbons (Fsp3) is 0.462. The minimum Gasteiger partial charge on any atom is -0.480 e. The lowest BCUT2D eigenvalue weighted by atomic mass is 10.0. The van der Waals surface area contributed by atoms with Gasteiger partial charge in [-0.3, -0.25) is 4.79 Å².